The van der Waals surface area contributed by atoms with Crippen LogP contribution < -0.4 is 0 Å². The quantitative estimate of drug-likeness (QED) is 0.670. The Morgan fingerprint density at radius 3 is 2.69 bits per heavy atom. The maximum Gasteiger partial charge on any atom is 0.324 e. The zero-order chi connectivity index (χ0) is 9.69. The minimum atomic E-state index is -2.82. The average Bonchev–Trinajstić information content (AvgIpc) is 2.40. The highest BCUT2D eigenvalue weighted by molar-refractivity contribution is 5.80. The number of aliphatic carboxylic acids is 1. The smallest absolute Gasteiger partial charge is 0.324 e. The first-order valence-electron chi connectivity index (χ1n) is 4.33. The molecule has 3 nitrogen and oxygen atoms in total. The molecule has 0 spiro atoms. The molecular weight excluding hydrogens is 180 g/mol. The zero-order valence-corrected chi connectivity index (χ0v) is 7.09. The molecule has 0 bridgehead atoms. The summed E-state index contributed by atoms with van der Waals surface area (Å²) < 4.78 is 25.9. The zero-order valence-electron chi connectivity index (χ0n) is 7.09. The van der Waals surface area contributed by atoms with Gasteiger partial charge in [-0.3, -0.25) is 9.69 Å². The monoisotopic (exact) mass is 191 g/mol. The van der Waals surface area contributed by atoms with E-state index in [-0.39, 0.29) is 6.54 Å². The lowest BCUT2D eigenvalue weighted by atomic mass is 9.93. The lowest BCUT2D eigenvalue weighted by Gasteiger charge is -2.25. The molecule has 0 aromatic rings. The topological polar surface area (TPSA) is 40.5 Å². The highest BCUT2D eigenvalue weighted by atomic mass is 19.3. The van der Waals surface area contributed by atoms with Crippen molar-refractivity contribution in [2.75, 3.05) is 13.1 Å². The highest BCUT2D eigenvalue weighted by Crippen LogP contribution is 2.45. The van der Waals surface area contributed by atoms with Crippen LogP contribution in [0.1, 0.15) is 19.3 Å². The molecule has 13 heavy (non-hydrogen) atoms. The maximum atomic E-state index is 13.0. The molecule has 0 aromatic heterocycles. The SMILES string of the molecule is O=C(O)[C@]12CCCN1CC(F)(F)C2. The molecular formula is C8H11F2NO2. The van der Waals surface area contributed by atoms with Gasteiger partial charge in [0.05, 0.1) is 6.54 Å². The molecule has 2 heterocycles. The van der Waals surface area contributed by atoms with Gasteiger partial charge in [0.2, 0.25) is 0 Å². The molecule has 2 fully saturated rings. The molecule has 2 saturated heterocycles. The third-order valence-electron chi connectivity index (χ3n) is 3.00. The number of halogens is 2. The summed E-state index contributed by atoms with van der Waals surface area (Å²) in [5.74, 6) is -3.92. The third kappa shape index (κ3) is 1.14. The van der Waals surface area contributed by atoms with Crippen LogP contribution in [0.5, 0.6) is 0 Å². The van der Waals surface area contributed by atoms with Crippen molar-refractivity contribution in [3.8, 4) is 0 Å². The van der Waals surface area contributed by atoms with Gasteiger partial charge in [0, 0.05) is 6.42 Å². The Kier molecular flexibility index (Phi) is 1.64. The number of carbonyl (C=O) groups is 1. The average molecular weight is 191 g/mol. The van der Waals surface area contributed by atoms with Gasteiger partial charge in [0.25, 0.3) is 5.92 Å². The molecule has 74 valence electrons. The fraction of sp³-hybridized carbons (Fsp3) is 0.875. The molecule has 5 heteroatoms. The molecule has 0 aromatic carbocycles. The number of hydrogen-bond acceptors (Lipinski definition) is 2. The Labute approximate surface area is 74.3 Å². The molecule has 2 aliphatic rings. The number of alkyl halides is 2. The number of carboxylic acids is 1. The van der Waals surface area contributed by atoms with E-state index in [1.54, 1.807) is 0 Å². The van der Waals surface area contributed by atoms with Crippen LogP contribution in [0.15, 0.2) is 0 Å². The van der Waals surface area contributed by atoms with Crippen molar-refractivity contribution in [3.63, 3.8) is 0 Å². The van der Waals surface area contributed by atoms with Crippen LogP contribution >= 0.6 is 0 Å². The van der Waals surface area contributed by atoms with E-state index in [0.717, 1.165) is 0 Å². The number of fused-ring (bicyclic) bond motifs is 1. The van der Waals surface area contributed by atoms with Gasteiger partial charge >= 0.3 is 5.97 Å². The van der Waals surface area contributed by atoms with E-state index in [1.807, 2.05) is 0 Å². The van der Waals surface area contributed by atoms with E-state index in [0.29, 0.717) is 19.4 Å². The third-order valence-corrected chi connectivity index (χ3v) is 3.00. The second-order valence-electron chi connectivity index (χ2n) is 3.89. The number of hydrogen-bond donors (Lipinski definition) is 1. The summed E-state index contributed by atoms with van der Waals surface area (Å²) in [6.45, 7) is 0.0984. The molecule has 2 rings (SSSR count). The molecule has 0 aliphatic carbocycles. The second-order valence-corrected chi connectivity index (χ2v) is 3.89. The Morgan fingerprint density at radius 2 is 2.15 bits per heavy atom. The van der Waals surface area contributed by atoms with Crippen LogP contribution in [-0.4, -0.2) is 40.5 Å². The molecule has 2 aliphatic heterocycles. The van der Waals surface area contributed by atoms with Crippen LogP contribution in [0.3, 0.4) is 0 Å². The molecule has 1 atom stereocenters. The van der Waals surface area contributed by atoms with Crippen molar-refractivity contribution < 1.29 is 18.7 Å². The summed E-state index contributed by atoms with van der Waals surface area (Å²) in [4.78, 5) is 12.3. The highest BCUT2D eigenvalue weighted by Gasteiger charge is 2.60. The van der Waals surface area contributed by atoms with Crippen molar-refractivity contribution in [1.29, 1.82) is 0 Å². The predicted molar refractivity (Wildman–Crippen MR) is 40.7 cm³/mol. The standard InChI is InChI=1S/C8H11F2NO2/c9-8(10)4-7(6(12)13)2-1-3-11(7)5-8/h1-5H2,(H,12,13)/t7-/m1/s1. The first-order chi connectivity index (χ1) is 5.96. The van der Waals surface area contributed by atoms with Gasteiger partial charge in [-0.15, -0.1) is 0 Å². The van der Waals surface area contributed by atoms with Gasteiger partial charge in [-0.25, -0.2) is 8.78 Å². The van der Waals surface area contributed by atoms with Gasteiger partial charge in [-0.1, -0.05) is 0 Å². The van der Waals surface area contributed by atoms with Gasteiger partial charge in [-0.05, 0) is 19.4 Å². The van der Waals surface area contributed by atoms with Gasteiger partial charge < -0.3 is 5.11 Å². The number of rotatable bonds is 1. The van der Waals surface area contributed by atoms with Crippen LogP contribution in [0.2, 0.25) is 0 Å². The summed E-state index contributed by atoms with van der Waals surface area (Å²) in [6, 6.07) is 0. The summed E-state index contributed by atoms with van der Waals surface area (Å²) in [5.41, 5.74) is -1.26. The van der Waals surface area contributed by atoms with E-state index in [2.05, 4.69) is 0 Å². The Balaban J connectivity index is 2.30. The molecule has 0 saturated carbocycles. The molecule has 0 unspecified atom stereocenters. The van der Waals surface area contributed by atoms with E-state index < -0.39 is 23.9 Å². The van der Waals surface area contributed by atoms with Crippen molar-refractivity contribution in [3.05, 3.63) is 0 Å². The molecule has 0 radical (unpaired) electrons. The van der Waals surface area contributed by atoms with Crippen LogP contribution in [0, 0.1) is 0 Å². The summed E-state index contributed by atoms with van der Waals surface area (Å²) >= 11 is 0. The van der Waals surface area contributed by atoms with E-state index in [4.69, 9.17) is 5.11 Å². The Morgan fingerprint density at radius 1 is 1.46 bits per heavy atom. The summed E-state index contributed by atoms with van der Waals surface area (Å²) in [6.07, 6.45) is 0.551. The van der Waals surface area contributed by atoms with Crippen molar-refractivity contribution in [2.24, 2.45) is 0 Å². The Bertz CT molecular complexity index is 257. The van der Waals surface area contributed by atoms with E-state index >= 15 is 0 Å². The van der Waals surface area contributed by atoms with Crippen molar-refractivity contribution in [2.45, 2.75) is 30.7 Å². The van der Waals surface area contributed by atoms with E-state index in [1.165, 1.54) is 4.90 Å². The lowest BCUT2D eigenvalue weighted by molar-refractivity contribution is -0.148. The van der Waals surface area contributed by atoms with Gasteiger partial charge in [0.15, 0.2) is 0 Å². The number of carboxylic acid groups (broad SMARTS) is 1. The second kappa shape index (κ2) is 2.41. The van der Waals surface area contributed by atoms with Crippen LogP contribution in [0.25, 0.3) is 0 Å². The first kappa shape index (κ1) is 8.87. The van der Waals surface area contributed by atoms with Crippen molar-refractivity contribution in [1.82, 2.24) is 4.90 Å². The minimum absolute atomic E-state index is 0.359. The van der Waals surface area contributed by atoms with Crippen molar-refractivity contribution >= 4 is 5.97 Å². The van der Waals surface area contributed by atoms with E-state index in [9.17, 15) is 13.6 Å². The first-order valence-corrected chi connectivity index (χ1v) is 4.33. The largest absolute Gasteiger partial charge is 0.480 e. The van der Waals surface area contributed by atoms with Crippen LogP contribution in [-0.2, 0) is 4.79 Å². The fourth-order valence-corrected chi connectivity index (χ4v) is 2.45. The van der Waals surface area contributed by atoms with Gasteiger partial charge in [0.1, 0.15) is 5.54 Å². The Hall–Kier alpha value is -0.710. The number of nitrogens with zero attached hydrogens (tertiary/aromatic N) is 1. The molecule has 0 amide bonds. The van der Waals surface area contributed by atoms with Crippen LogP contribution in [0.4, 0.5) is 8.78 Å². The summed E-state index contributed by atoms with van der Waals surface area (Å²) in [5, 5.41) is 8.93. The fourth-order valence-electron chi connectivity index (χ4n) is 2.45. The normalized spacial score (nSPS) is 37.7. The predicted octanol–water partition coefficient (Wildman–Crippen LogP) is 0.945. The lowest BCUT2D eigenvalue weighted by Crippen LogP contribution is -2.45. The minimum Gasteiger partial charge on any atom is -0.480 e. The summed E-state index contributed by atoms with van der Waals surface area (Å²) in [7, 11) is 0. The van der Waals surface area contributed by atoms with Gasteiger partial charge in [-0.2, -0.15) is 0 Å². The maximum absolute atomic E-state index is 13.0. The molecule has 1 N–H and O–H groups in total.